The van der Waals surface area contributed by atoms with Gasteiger partial charge in [-0.2, -0.15) is 5.10 Å². The average Bonchev–Trinajstić information content (AvgIpc) is 2.95. The Morgan fingerprint density at radius 3 is 2.86 bits per heavy atom. The lowest BCUT2D eigenvalue weighted by atomic mass is 10.1. The van der Waals surface area contributed by atoms with Gasteiger partial charge in [0.2, 0.25) is 5.95 Å². The third-order valence-corrected chi connectivity index (χ3v) is 3.28. The fraction of sp³-hybridized carbons (Fsp3) is 0.200. The maximum Gasteiger partial charge on any atom is 0.335 e. The number of nitrogens with zero attached hydrogens (tertiary/aromatic N) is 4. The summed E-state index contributed by atoms with van der Waals surface area (Å²) in [7, 11) is 0. The van der Waals surface area contributed by atoms with E-state index in [1.54, 1.807) is 42.9 Å². The van der Waals surface area contributed by atoms with E-state index in [0.29, 0.717) is 5.95 Å². The molecule has 0 saturated heterocycles. The molecule has 22 heavy (non-hydrogen) atoms. The number of rotatable bonds is 6. The Morgan fingerprint density at radius 2 is 2.09 bits per heavy atom. The average molecular weight is 297 g/mol. The van der Waals surface area contributed by atoms with Crippen LogP contribution in [0.5, 0.6) is 0 Å². The number of carbonyl (C=O) groups is 1. The van der Waals surface area contributed by atoms with Gasteiger partial charge in [-0.1, -0.05) is 0 Å². The molecule has 3 aromatic rings. The number of fused-ring (bicyclic) bond motifs is 1. The molecule has 2 aromatic heterocycles. The van der Waals surface area contributed by atoms with Crippen LogP contribution in [-0.4, -0.2) is 37.4 Å². The number of aromatic carboxylic acids is 1. The molecule has 0 aliphatic rings. The van der Waals surface area contributed by atoms with Crippen LogP contribution in [0.1, 0.15) is 16.8 Å². The van der Waals surface area contributed by atoms with Gasteiger partial charge in [-0.25, -0.2) is 14.8 Å². The second kappa shape index (κ2) is 6.21. The second-order valence-corrected chi connectivity index (χ2v) is 4.80. The van der Waals surface area contributed by atoms with Crippen LogP contribution in [0, 0.1) is 0 Å². The van der Waals surface area contributed by atoms with Gasteiger partial charge in [0.1, 0.15) is 0 Å². The van der Waals surface area contributed by atoms with Gasteiger partial charge >= 0.3 is 5.97 Å². The van der Waals surface area contributed by atoms with Crippen molar-refractivity contribution in [3.8, 4) is 0 Å². The molecule has 0 fully saturated rings. The number of hydrogen-bond acceptors (Lipinski definition) is 5. The predicted molar refractivity (Wildman–Crippen MR) is 81.8 cm³/mol. The Kier molecular flexibility index (Phi) is 3.95. The number of nitrogens with one attached hydrogen (secondary N) is 1. The highest BCUT2D eigenvalue weighted by Crippen LogP contribution is 2.16. The van der Waals surface area contributed by atoms with E-state index < -0.39 is 5.97 Å². The zero-order chi connectivity index (χ0) is 15.4. The lowest BCUT2D eigenvalue weighted by molar-refractivity contribution is 0.0697. The number of hydrogen-bond donors (Lipinski definition) is 2. The molecule has 0 amide bonds. The lowest BCUT2D eigenvalue weighted by Gasteiger charge is -2.05. The maximum atomic E-state index is 10.9. The molecule has 7 nitrogen and oxygen atoms in total. The minimum Gasteiger partial charge on any atom is -0.478 e. The molecule has 3 rings (SSSR count). The summed E-state index contributed by atoms with van der Waals surface area (Å²) in [5.41, 5.74) is 1.20. The molecule has 0 saturated carbocycles. The quantitative estimate of drug-likeness (QED) is 0.676. The maximum absolute atomic E-state index is 10.9. The fourth-order valence-corrected chi connectivity index (χ4v) is 2.22. The van der Waals surface area contributed by atoms with E-state index >= 15 is 0 Å². The van der Waals surface area contributed by atoms with Gasteiger partial charge < -0.3 is 10.4 Å². The van der Waals surface area contributed by atoms with Crippen LogP contribution in [0.2, 0.25) is 0 Å². The molecule has 2 heterocycles. The van der Waals surface area contributed by atoms with E-state index in [2.05, 4.69) is 20.4 Å². The lowest BCUT2D eigenvalue weighted by Crippen LogP contribution is -2.09. The number of aromatic nitrogens is 4. The monoisotopic (exact) mass is 297 g/mol. The Balaban J connectivity index is 1.61. The van der Waals surface area contributed by atoms with Crippen molar-refractivity contribution in [2.75, 3.05) is 11.9 Å². The molecule has 7 heteroatoms. The molecule has 0 spiro atoms. The molecule has 0 aliphatic carbocycles. The number of benzene rings is 1. The molecular formula is C15H15N5O2. The fourth-order valence-electron chi connectivity index (χ4n) is 2.22. The summed E-state index contributed by atoms with van der Waals surface area (Å²) in [6, 6.07) is 6.79. The van der Waals surface area contributed by atoms with Gasteiger partial charge in [0, 0.05) is 30.9 Å². The van der Waals surface area contributed by atoms with Crippen molar-refractivity contribution in [3.05, 3.63) is 48.4 Å². The third kappa shape index (κ3) is 3.03. The summed E-state index contributed by atoms with van der Waals surface area (Å²) >= 11 is 0. The van der Waals surface area contributed by atoms with E-state index in [1.165, 1.54) is 0 Å². The van der Waals surface area contributed by atoms with E-state index in [1.807, 2.05) is 4.68 Å². The van der Waals surface area contributed by atoms with Crippen LogP contribution in [0.15, 0.2) is 42.9 Å². The first-order chi connectivity index (χ1) is 10.7. The third-order valence-electron chi connectivity index (χ3n) is 3.28. The number of carboxylic acids is 1. The van der Waals surface area contributed by atoms with Crippen molar-refractivity contribution in [3.63, 3.8) is 0 Å². The zero-order valence-corrected chi connectivity index (χ0v) is 11.8. The molecule has 1 aromatic carbocycles. The van der Waals surface area contributed by atoms with Crippen LogP contribution >= 0.6 is 0 Å². The smallest absolute Gasteiger partial charge is 0.335 e. The van der Waals surface area contributed by atoms with Crippen molar-refractivity contribution < 1.29 is 9.90 Å². The Morgan fingerprint density at radius 1 is 1.27 bits per heavy atom. The highest BCUT2D eigenvalue weighted by atomic mass is 16.4. The van der Waals surface area contributed by atoms with Gasteiger partial charge in [-0.05, 0) is 30.7 Å². The largest absolute Gasteiger partial charge is 0.478 e. The normalized spacial score (nSPS) is 10.7. The highest BCUT2D eigenvalue weighted by molar-refractivity contribution is 5.93. The van der Waals surface area contributed by atoms with Crippen LogP contribution in [0.3, 0.4) is 0 Å². The van der Waals surface area contributed by atoms with E-state index in [4.69, 9.17) is 5.11 Å². The van der Waals surface area contributed by atoms with Crippen molar-refractivity contribution in [1.82, 2.24) is 19.7 Å². The predicted octanol–water partition coefficient (Wildman–Crippen LogP) is 2.03. The molecular weight excluding hydrogens is 282 g/mol. The first-order valence-corrected chi connectivity index (χ1v) is 6.94. The molecule has 0 atom stereocenters. The van der Waals surface area contributed by atoms with Gasteiger partial charge in [0.15, 0.2) is 0 Å². The standard InChI is InChI=1S/C15H15N5O2/c21-14(22)11-3-4-13-12(9-11)10-19-20(13)8-2-7-18-15-16-5-1-6-17-15/h1,3-6,9-10H,2,7-8H2,(H,21,22)(H,16,17,18). The summed E-state index contributed by atoms with van der Waals surface area (Å²) in [4.78, 5) is 19.1. The Hall–Kier alpha value is -2.96. The Bertz CT molecular complexity index is 785. The summed E-state index contributed by atoms with van der Waals surface area (Å²) in [5, 5.41) is 17.3. The summed E-state index contributed by atoms with van der Waals surface area (Å²) in [6.45, 7) is 1.47. The van der Waals surface area contributed by atoms with Gasteiger partial charge in [0.05, 0.1) is 17.3 Å². The zero-order valence-electron chi connectivity index (χ0n) is 11.8. The molecule has 0 bridgehead atoms. The van der Waals surface area contributed by atoms with Crippen LogP contribution in [0.4, 0.5) is 5.95 Å². The molecule has 112 valence electrons. The number of carboxylic acid groups (broad SMARTS) is 1. The minimum absolute atomic E-state index is 0.273. The number of aryl methyl sites for hydroxylation is 1. The van der Waals surface area contributed by atoms with E-state index in [9.17, 15) is 4.79 Å². The van der Waals surface area contributed by atoms with Crippen molar-refractivity contribution in [2.45, 2.75) is 13.0 Å². The van der Waals surface area contributed by atoms with Crippen LogP contribution < -0.4 is 5.32 Å². The first kappa shape index (κ1) is 14.0. The Labute approximate surface area is 126 Å². The molecule has 0 unspecified atom stereocenters. The van der Waals surface area contributed by atoms with Crippen LogP contribution in [-0.2, 0) is 6.54 Å². The van der Waals surface area contributed by atoms with Gasteiger partial charge in [-0.3, -0.25) is 4.68 Å². The van der Waals surface area contributed by atoms with Crippen molar-refractivity contribution in [2.24, 2.45) is 0 Å². The van der Waals surface area contributed by atoms with Gasteiger partial charge in [-0.15, -0.1) is 0 Å². The van der Waals surface area contributed by atoms with Crippen molar-refractivity contribution in [1.29, 1.82) is 0 Å². The summed E-state index contributed by atoms with van der Waals surface area (Å²) < 4.78 is 1.87. The topological polar surface area (TPSA) is 92.9 Å². The molecule has 0 radical (unpaired) electrons. The SMILES string of the molecule is O=C(O)c1ccc2c(cnn2CCCNc2ncccn2)c1. The first-order valence-electron chi connectivity index (χ1n) is 6.94. The second-order valence-electron chi connectivity index (χ2n) is 4.80. The summed E-state index contributed by atoms with van der Waals surface area (Å²) in [6.07, 6.45) is 5.93. The van der Waals surface area contributed by atoms with E-state index in [0.717, 1.165) is 30.4 Å². The summed E-state index contributed by atoms with van der Waals surface area (Å²) in [5.74, 6) is -0.319. The highest BCUT2D eigenvalue weighted by Gasteiger charge is 2.07. The van der Waals surface area contributed by atoms with Crippen molar-refractivity contribution >= 4 is 22.8 Å². The minimum atomic E-state index is -0.929. The molecule has 2 N–H and O–H groups in total. The van der Waals surface area contributed by atoms with Crippen LogP contribution in [0.25, 0.3) is 10.9 Å². The number of anilines is 1. The molecule has 0 aliphatic heterocycles. The van der Waals surface area contributed by atoms with E-state index in [-0.39, 0.29) is 5.56 Å². The van der Waals surface area contributed by atoms with Gasteiger partial charge in [0.25, 0.3) is 0 Å².